The van der Waals surface area contributed by atoms with Crippen molar-refractivity contribution >= 4 is 35.5 Å². The van der Waals surface area contributed by atoms with E-state index in [-0.39, 0.29) is 0 Å². The number of carboxylic acid groups (broad SMARTS) is 1. The highest BCUT2D eigenvalue weighted by Crippen LogP contribution is 2.50. The molecule has 3 N–H and O–H groups in total. The van der Waals surface area contributed by atoms with E-state index in [2.05, 4.69) is 10.6 Å². The van der Waals surface area contributed by atoms with Crippen molar-refractivity contribution in [1.82, 2.24) is 15.5 Å². The highest BCUT2D eigenvalue weighted by Gasteiger charge is 2.64. The van der Waals surface area contributed by atoms with Gasteiger partial charge in [0.1, 0.15) is 23.5 Å². The van der Waals surface area contributed by atoms with Gasteiger partial charge in [-0.1, -0.05) is 30.3 Å². The number of thioether (sulfide) groups is 1. The molecule has 1 unspecified atom stereocenters. The Hall–Kier alpha value is -3.15. The number of hydrogen-bond acceptors (Lipinski definition) is 7. The summed E-state index contributed by atoms with van der Waals surface area (Å²) in [5.74, 6) is -3.34. The lowest BCUT2D eigenvalue weighted by Crippen LogP contribution is -2.71. The van der Waals surface area contributed by atoms with Gasteiger partial charge in [0.2, 0.25) is 11.8 Å². The minimum atomic E-state index is -1.98. The van der Waals surface area contributed by atoms with Gasteiger partial charge in [-0.2, -0.15) is 0 Å². The number of carboxylic acids is 1. The van der Waals surface area contributed by atoms with Crippen LogP contribution in [-0.4, -0.2) is 66.4 Å². The summed E-state index contributed by atoms with van der Waals surface area (Å²) >= 11 is 1.27. The first kappa shape index (κ1) is 23.5. The van der Waals surface area contributed by atoms with Gasteiger partial charge in [-0.15, -0.1) is 11.8 Å². The Balaban J connectivity index is 1.81. The lowest BCUT2D eigenvalue weighted by atomic mass is 9.95. The fraction of sp³-hybridized carbons (Fsp3) is 0.500. The zero-order chi connectivity index (χ0) is 24.0. The van der Waals surface area contributed by atoms with Crippen LogP contribution >= 0.6 is 11.8 Å². The molecule has 0 bridgehead atoms. The third-order valence-electron chi connectivity index (χ3n) is 5.66. The summed E-state index contributed by atoms with van der Waals surface area (Å²) in [5.41, 5.74) is -1.60. The van der Waals surface area contributed by atoms with Crippen LogP contribution in [0.4, 0.5) is 0 Å². The minimum Gasteiger partial charge on any atom is -0.480 e. The number of nitrogens with one attached hydrogen (secondary N) is 2. The van der Waals surface area contributed by atoms with Gasteiger partial charge in [0.15, 0.2) is 0 Å². The molecule has 0 radical (unpaired) electrons. The number of rotatable bonds is 7. The van der Waals surface area contributed by atoms with Crippen LogP contribution in [0.3, 0.4) is 0 Å². The zero-order valence-corrected chi connectivity index (χ0v) is 18.7. The highest BCUT2D eigenvalue weighted by molar-refractivity contribution is 8.01. The Labute approximate surface area is 188 Å². The number of fused-ring (bicyclic) bond motifs is 1. The average molecular weight is 465 g/mol. The Morgan fingerprint density at radius 2 is 1.84 bits per heavy atom. The molecule has 1 aromatic carbocycles. The van der Waals surface area contributed by atoms with E-state index in [0.29, 0.717) is 5.56 Å². The molecule has 4 atom stereocenters. The van der Waals surface area contributed by atoms with Crippen molar-refractivity contribution < 1.29 is 29.2 Å². The summed E-state index contributed by atoms with van der Waals surface area (Å²) < 4.78 is -0.756. The Morgan fingerprint density at radius 3 is 2.38 bits per heavy atom. The molecule has 2 aliphatic heterocycles. The lowest BCUT2D eigenvalue weighted by molar-refractivity contribution is -0.543. The first-order valence-corrected chi connectivity index (χ1v) is 10.7. The SMILES string of the molecule is CC1(C)S[C@@H]2[C@H](NC(=O)C(NC(=O)C(C)(C)[N+](=O)[O-])c3ccccc3)C(=O)N2[C@H]1C(=O)O. The van der Waals surface area contributed by atoms with Gasteiger partial charge in [0.25, 0.3) is 11.4 Å². The number of aliphatic carboxylic acids is 1. The predicted molar refractivity (Wildman–Crippen MR) is 114 cm³/mol. The van der Waals surface area contributed by atoms with Gasteiger partial charge in [-0.25, -0.2) is 4.79 Å². The van der Waals surface area contributed by atoms with E-state index in [4.69, 9.17) is 0 Å². The maximum absolute atomic E-state index is 13.1. The molecule has 0 aromatic heterocycles. The largest absolute Gasteiger partial charge is 0.480 e. The van der Waals surface area contributed by atoms with E-state index in [0.717, 1.165) is 13.8 Å². The average Bonchev–Trinajstić information content (AvgIpc) is 2.98. The molecule has 0 aliphatic carbocycles. The number of benzene rings is 1. The Kier molecular flexibility index (Phi) is 5.94. The molecule has 2 saturated heterocycles. The summed E-state index contributed by atoms with van der Waals surface area (Å²) in [6.45, 7) is 5.68. The number of nitro groups is 1. The van der Waals surface area contributed by atoms with Crippen molar-refractivity contribution in [2.75, 3.05) is 0 Å². The van der Waals surface area contributed by atoms with E-state index in [1.165, 1.54) is 16.7 Å². The molecule has 32 heavy (non-hydrogen) atoms. The second-order valence-electron chi connectivity index (χ2n) is 8.72. The molecule has 0 saturated carbocycles. The number of β-lactam (4-membered cyclic amide) rings is 1. The number of hydrogen-bond donors (Lipinski definition) is 3. The van der Waals surface area contributed by atoms with Crippen LogP contribution in [0.15, 0.2) is 30.3 Å². The van der Waals surface area contributed by atoms with E-state index in [1.807, 2.05) is 0 Å². The molecule has 2 fully saturated rings. The monoisotopic (exact) mass is 464 g/mol. The summed E-state index contributed by atoms with van der Waals surface area (Å²) in [6, 6.07) is 4.87. The summed E-state index contributed by atoms with van der Waals surface area (Å²) in [5, 5.41) is 25.2. The molecule has 3 amide bonds. The van der Waals surface area contributed by atoms with Crippen LogP contribution in [0.1, 0.15) is 39.3 Å². The number of nitrogens with zero attached hydrogens (tertiary/aromatic N) is 2. The van der Waals surface area contributed by atoms with Crippen molar-refractivity contribution in [1.29, 1.82) is 0 Å². The van der Waals surface area contributed by atoms with E-state index in [9.17, 15) is 34.4 Å². The summed E-state index contributed by atoms with van der Waals surface area (Å²) in [7, 11) is 0. The van der Waals surface area contributed by atoms with Crippen molar-refractivity contribution in [2.24, 2.45) is 0 Å². The Bertz CT molecular complexity index is 981. The van der Waals surface area contributed by atoms with Crippen molar-refractivity contribution in [3.05, 3.63) is 46.0 Å². The molecule has 11 nitrogen and oxygen atoms in total. The van der Waals surface area contributed by atoms with E-state index >= 15 is 0 Å². The second-order valence-corrected chi connectivity index (χ2v) is 10.5. The van der Waals surface area contributed by atoms with Crippen LogP contribution in [0.5, 0.6) is 0 Å². The van der Waals surface area contributed by atoms with Gasteiger partial charge < -0.3 is 20.6 Å². The quantitative estimate of drug-likeness (QED) is 0.299. The topological polar surface area (TPSA) is 159 Å². The molecule has 172 valence electrons. The maximum Gasteiger partial charge on any atom is 0.327 e. The van der Waals surface area contributed by atoms with Gasteiger partial charge in [0, 0.05) is 23.5 Å². The highest BCUT2D eigenvalue weighted by atomic mass is 32.2. The first-order chi connectivity index (χ1) is 14.8. The minimum absolute atomic E-state index is 0.379. The number of carbonyl (C=O) groups excluding carboxylic acids is 3. The molecule has 1 aromatic rings. The normalized spacial score (nSPS) is 24.7. The van der Waals surface area contributed by atoms with Crippen LogP contribution in [0.2, 0.25) is 0 Å². The fourth-order valence-electron chi connectivity index (χ4n) is 3.72. The van der Waals surface area contributed by atoms with Crippen molar-refractivity contribution in [3.8, 4) is 0 Å². The molecule has 2 aliphatic rings. The van der Waals surface area contributed by atoms with Crippen LogP contribution < -0.4 is 10.6 Å². The molecule has 3 rings (SSSR count). The van der Waals surface area contributed by atoms with Gasteiger partial charge in [0.05, 0.1) is 0 Å². The van der Waals surface area contributed by atoms with E-state index < -0.39 is 62.4 Å². The first-order valence-electron chi connectivity index (χ1n) is 9.82. The van der Waals surface area contributed by atoms with E-state index in [1.54, 1.807) is 44.2 Å². The molecular weight excluding hydrogens is 440 g/mol. The fourth-order valence-corrected chi connectivity index (χ4v) is 5.34. The predicted octanol–water partition coefficient (Wildman–Crippen LogP) is 0.531. The standard InChI is InChI=1S/C20H24N4O7S/c1-19(2,24(30)31)18(29)22-11(10-8-6-5-7-9-10)14(25)21-12-15(26)23-13(17(27)28)20(3,4)32-16(12)23/h5-9,11-13,16H,1-4H3,(H,21,25)(H,22,29)(H,27,28)/t11?,12-,13+,16-/m1/s1. The summed E-state index contributed by atoms with van der Waals surface area (Å²) in [6.07, 6.45) is 0. The van der Waals surface area contributed by atoms with Gasteiger partial charge in [-0.3, -0.25) is 24.5 Å². The third-order valence-corrected chi connectivity index (χ3v) is 7.23. The van der Waals surface area contributed by atoms with Crippen LogP contribution in [0, 0.1) is 10.1 Å². The summed E-state index contributed by atoms with van der Waals surface area (Å²) in [4.78, 5) is 61.7. The maximum atomic E-state index is 13.1. The number of carbonyl (C=O) groups is 4. The number of amides is 3. The van der Waals surface area contributed by atoms with Crippen molar-refractivity contribution in [3.63, 3.8) is 0 Å². The van der Waals surface area contributed by atoms with Gasteiger partial charge in [-0.05, 0) is 19.4 Å². The van der Waals surface area contributed by atoms with Crippen LogP contribution in [0.25, 0.3) is 0 Å². The molecule has 12 heteroatoms. The Morgan fingerprint density at radius 1 is 1.25 bits per heavy atom. The zero-order valence-electron chi connectivity index (χ0n) is 17.9. The van der Waals surface area contributed by atoms with Gasteiger partial charge >= 0.3 is 5.97 Å². The van der Waals surface area contributed by atoms with Crippen LogP contribution in [-0.2, 0) is 19.2 Å². The molecule has 2 heterocycles. The smallest absolute Gasteiger partial charge is 0.327 e. The molecular formula is C20H24N4O7S. The second kappa shape index (κ2) is 8.08. The molecule has 0 spiro atoms. The third kappa shape index (κ3) is 3.90. The van der Waals surface area contributed by atoms with Crippen molar-refractivity contribution in [2.45, 2.75) is 61.5 Å². The lowest BCUT2D eigenvalue weighted by Gasteiger charge is -2.44.